The molecule has 3 N–H and O–H groups in total. The van der Waals surface area contributed by atoms with Gasteiger partial charge in [-0.2, -0.15) is 0 Å². The van der Waals surface area contributed by atoms with Gasteiger partial charge in [-0.25, -0.2) is 0 Å². The van der Waals surface area contributed by atoms with E-state index in [0.717, 1.165) is 0 Å². The lowest BCUT2D eigenvalue weighted by Crippen LogP contribution is -2.56. The second-order valence-corrected chi connectivity index (χ2v) is 8.94. The molecule has 3 amide bonds. The first-order valence-corrected chi connectivity index (χ1v) is 10.3. The molecule has 0 radical (unpaired) electrons. The first-order valence-electron chi connectivity index (χ1n) is 10.3. The molecule has 1 spiro atoms. The zero-order chi connectivity index (χ0) is 20.9. The van der Waals surface area contributed by atoms with Crippen molar-refractivity contribution in [2.45, 2.75) is 70.2 Å². The third kappa shape index (κ3) is 2.84. The molecule has 0 aromatic rings. The van der Waals surface area contributed by atoms with E-state index < -0.39 is 29.1 Å². The summed E-state index contributed by atoms with van der Waals surface area (Å²) in [5.41, 5.74) is -1.76. The number of ether oxygens (including phenoxy) is 1. The van der Waals surface area contributed by atoms with Gasteiger partial charge in [0.15, 0.2) is 0 Å². The number of hydrogen-bond donors (Lipinski definition) is 3. The topological polar surface area (TPSA) is 108 Å². The lowest BCUT2D eigenvalue weighted by Gasteiger charge is -2.36. The quantitative estimate of drug-likeness (QED) is 0.528. The minimum atomic E-state index is -0.986. The smallest absolute Gasteiger partial charge is 0.246 e. The number of likely N-dealkylation sites (tertiary alicyclic amines) is 1. The van der Waals surface area contributed by atoms with E-state index in [1.165, 1.54) is 0 Å². The summed E-state index contributed by atoms with van der Waals surface area (Å²) in [6.45, 7) is 8.08. The molecule has 8 heteroatoms. The summed E-state index contributed by atoms with van der Waals surface area (Å²) >= 11 is 0. The standard InChI is InChI=1S/C20H33N3O5/c1-11(2)22-17(26)15-20-10-12(3)19(4,28-20)13(16(25)21-5)14(20)18(27)23(15)8-6-7-9-24/h11-15,24H,6-10H2,1-5H3,(H,21,25)(H,22,26)/t12?,13-,14+,15?,19+,20?/m1/s1. The van der Waals surface area contributed by atoms with Crippen LogP contribution in [0.4, 0.5) is 0 Å². The highest BCUT2D eigenvalue weighted by Crippen LogP contribution is 2.65. The van der Waals surface area contributed by atoms with E-state index in [1.807, 2.05) is 27.7 Å². The van der Waals surface area contributed by atoms with Crippen LogP contribution < -0.4 is 10.6 Å². The van der Waals surface area contributed by atoms with Crippen molar-refractivity contribution in [3.05, 3.63) is 0 Å². The highest BCUT2D eigenvalue weighted by molar-refractivity contribution is 5.99. The molecule has 0 aromatic carbocycles. The average Bonchev–Trinajstić information content (AvgIpc) is 3.12. The highest BCUT2D eigenvalue weighted by atomic mass is 16.5. The minimum Gasteiger partial charge on any atom is -0.396 e. The van der Waals surface area contributed by atoms with Crippen molar-refractivity contribution in [2.75, 3.05) is 20.2 Å². The molecular formula is C20H33N3O5. The maximum Gasteiger partial charge on any atom is 0.246 e. The van der Waals surface area contributed by atoms with Crippen LogP contribution in [0.2, 0.25) is 0 Å². The highest BCUT2D eigenvalue weighted by Gasteiger charge is 2.79. The first-order chi connectivity index (χ1) is 13.1. The summed E-state index contributed by atoms with van der Waals surface area (Å²) in [6.07, 6.45) is 1.71. The fraction of sp³-hybridized carbons (Fsp3) is 0.850. The number of aliphatic hydroxyl groups is 1. The third-order valence-corrected chi connectivity index (χ3v) is 6.83. The number of nitrogens with one attached hydrogen (secondary N) is 2. The zero-order valence-electron chi connectivity index (χ0n) is 17.4. The Morgan fingerprint density at radius 1 is 1.32 bits per heavy atom. The van der Waals surface area contributed by atoms with Gasteiger partial charge >= 0.3 is 0 Å². The van der Waals surface area contributed by atoms with E-state index in [2.05, 4.69) is 10.6 Å². The van der Waals surface area contributed by atoms with Crippen LogP contribution in [0, 0.1) is 17.8 Å². The molecule has 0 aromatic heterocycles. The van der Waals surface area contributed by atoms with Crippen LogP contribution in [0.1, 0.15) is 47.0 Å². The first kappa shape index (κ1) is 21.0. The Hall–Kier alpha value is -1.67. The van der Waals surface area contributed by atoms with Gasteiger partial charge in [0.1, 0.15) is 11.6 Å². The van der Waals surface area contributed by atoms with Crippen molar-refractivity contribution >= 4 is 17.7 Å². The van der Waals surface area contributed by atoms with Gasteiger partial charge in [0.25, 0.3) is 0 Å². The van der Waals surface area contributed by atoms with Gasteiger partial charge < -0.3 is 25.4 Å². The largest absolute Gasteiger partial charge is 0.396 e. The Morgan fingerprint density at radius 2 is 2.00 bits per heavy atom. The van der Waals surface area contributed by atoms with E-state index in [1.54, 1.807) is 11.9 Å². The summed E-state index contributed by atoms with van der Waals surface area (Å²) in [4.78, 5) is 41.0. The summed E-state index contributed by atoms with van der Waals surface area (Å²) < 4.78 is 6.51. The van der Waals surface area contributed by atoms with Crippen LogP contribution in [0.5, 0.6) is 0 Å². The molecule has 8 nitrogen and oxygen atoms in total. The van der Waals surface area contributed by atoms with Crippen molar-refractivity contribution in [3.63, 3.8) is 0 Å². The average molecular weight is 396 g/mol. The predicted octanol–water partition coefficient (Wildman–Crippen LogP) is 0.0402. The normalized spacial score (nSPS) is 38.8. The van der Waals surface area contributed by atoms with Crippen LogP contribution in [0.3, 0.4) is 0 Å². The molecule has 3 saturated heterocycles. The monoisotopic (exact) mass is 395 g/mol. The second-order valence-electron chi connectivity index (χ2n) is 8.94. The van der Waals surface area contributed by atoms with E-state index in [-0.39, 0.29) is 36.3 Å². The molecule has 3 unspecified atom stereocenters. The lowest BCUT2D eigenvalue weighted by molar-refractivity contribution is -0.147. The van der Waals surface area contributed by atoms with E-state index >= 15 is 0 Å². The van der Waals surface area contributed by atoms with Crippen LogP contribution in [-0.4, -0.2) is 71.2 Å². The van der Waals surface area contributed by atoms with E-state index in [0.29, 0.717) is 25.8 Å². The number of carbonyl (C=O) groups is 3. The molecule has 3 heterocycles. The van der Waals surface area contributed by atoms with Crippen molar-refractivity contribution in [3.8, 4) is 0 Å². The molecule has 6 atom stereocenters. The third-order valence-electron chi connectivity index (χ3n) is 6.83. The molecule has 3 aliphatic heterocycles. The van der Waals surface area contributed by atoms with Crippen LogP contribution in [0.25, 0.3) is 0 Å². The molecule has 3 aliphatic rings. The van der Waals surface area contributed by atoms with Gasteiger partial charge in [0.05, 0.1) is 17.4 Å². The van der Waals surface area contributed by atoms with Gasteiger partial charge in [-0.05, 0) is 46.0 Å². The van der Waals surface area contributed by atoms with E-state index in [4.69, 9.17) is 9.84 Å². The van der Waals surface area contributed by atoms with Crippen molar-refractivity contribution in [1.29, 1.82) is 0 Å². The SMILES string of the molecule is CNC(=O)[C@H]1[C@H]2C(=O)N(CCCCO)C(C(=O)NC(C)C)C23CC(C)[C@]1(C)O3. The van der Waals surface area contributed by atoms with Gasteiger partial charge in [-0.1, -0.05) is 6.92 Å². The lowest BCUT2D eigenvalue weighted by atomic mass is 9.62. The Balaban J connectivity index is 2.04. The number of hydrogen-bond acceptors (Lipinski definition) is 5. The minimum absolute atomic E-state index is 0.0337. The van der Waals surface area contributed by atoms with Crippen molar-refractivity contribution in [1.82, 2.24) is 15.5 Å². The number of nitrogens with zero attached hydrogens (tertiary/aromatic N) is 1. The maximum absolute atomic E-state index is 13.5. The van der Waals surface area contributed by atoms with Crippen LogP contribution >= 0.6 is 0 Å². The van der Waals surface area contributed by atoms with Gasteiger partial charge in [0, 0.05) is 26.2 Å². The molecule has 28 heavy (non-hydrogen) atoms. The van der Waals surface area contributed by atoms with Crippen LogP contribution in [-0.2, 0) is 19.1 Å². The maximum atomic E-state index is 13.5. The van der Waals surface area contributed by atoms with Crippen LogP contribution in [0.15, 0.2) is 0 Å². The summed E-state index contributed by atoms with van der Waals surface area (Å²) in [5, 5.41) is 14.7. The summed E-state index contributed by atoms with van der Waals surface area (Å²) in [6, 6.07) is -0.830. The summed E-state index contributed by atoms with van der Waals surface area (Å²) in [7, 11) is 1.57. The molecule has 0 saturated carbocycles. The zero-order valence-corrected chi connectivity index (χ0v) is 17.4. The fourth-order valence-electron chi connectivity index (χ4n) is 5.59. The number of carbonyl (C=O) groups excluding carboxylic acids is 3. The Kier molecular flexibility index (Phi) is 5.49. The predicted molar refractivity (Wildman–Crippen MR) is 102 cm³/mol. The van der Waals surface area contributed by atoms with Gasteiger partial charge in [-0.15, -0.1) is 0 Å². The molecular weight excluding hydrogens is 362 g/mol. The number of fused-ring (bicyclic) bond motifs is 1. The Labute approximate surface area is 166 Å². The number of amides is 3. The molecule has 3 rings (SSSR count). The second kappa shape index (κ2) is 7.30. The molecule has 3 fully saturated rings. The fourth-order valence-corrected chi connectivity index (χ4v) is 5.59. The van der Waals surface area contributed by atoms with Gasteiger partial charge in [-0.3, -0.25) is 14.4 Å². The van der Waals surface area contributed by atoms with Crippen molar-refractivity contribution < 1.29 is 24.2 Å². The Bertz CT molecular complexity index is 668. The Morgan fingerprint density at radius 3 is 2.57 bits per heavy atom. The summed E-state index contributed by atoms with van der Waals surface area (Å²) in [5.74, 6) is -1.87. The molecule has 0 aliphatic carbocycles. The number of unbranched alkanes of at least 4 members (excludes halogenated alkanes) is 1. The molecule has 158 valence electrons. The van der Waals surface area contributed by atoms with Gasteiger partial charge in [0.2, 0.25) is 17.7 Å². The number of aliphatic hydroxyl groups excluding tert-OH is 1. The number of rotatable bonds is 7. The van der Waals surface area contributed by atoms with Crippen molar-refractivity contribution in [2.24, 2.45) is 17.8 Å². The molecule has 2 bridgehead atoms. The van der Waals surface area contributed by atoms with E-state index in [9.17, 15) is 14.4 Å².